The molecule has 4 rings (SSSR count). The molecule has 2 aliphatic rings. The Kier molecular flexibility index (Phi) is 4.06. The fourth-order valence-corrected chi connectivity index (χ4v) is 3.91. The number of amides is 1. The van der Waals surface area contributed by atoms with Gasteiger partial charge in [0.15, 0.2) is 5.69 Å². The van der Waals surface area contributed by atoms with Crippen LogP contribution in [0.3, 0.4) is 0 Å². The van der Waals surface area contributed by atoms with Gasteiger partial charge >= 0.3 is 0 Å². The number of carbonyl (C=O) groups is 1. The predicted octanol–water partition coefficient (Wildman–Crippen LogP) is 2.14. The number of nitrogens with one attached hydrogen (secondary N) is 1. The van der Waals surface area contributed by atoms with E-state index in [1.807, 2.05) is 22.9 Å². The standard InChI is InChI=1S/C18H23N5O/c19-17-14-9-5-4-6-12(14)10-15(17)20-18(24)16-11-23(22-21-16)13-7-2-1-3-8-13/h4-6,9,11,13,15,17H,1-3,7-8,10,19H2,(H,20,24)/t15-,17-/m1/s1. The lowest BCUT2D eigenvalue weighted by Gasteiger charge is -2.21. The molecule has 1 fully saturated rings. The minimum atomic E-state index is -0.190. The van der Waals surface area contributed by atoms with Gasteiger partial charge in [0.25, 0.3) is 5.91 Å². The highest BCUT2D eigenvalue weighted by Crippen LogP contribution is 2.30. The molecule has 0 aliphatic heterocycles. The van der Waals surface area contributed by atoms with E-state index in [-0.39, 0.29) is 18.0 Å². The third-order valence-electron chi connectivity index (χ3n) is 5.30. The normalized spacial score (nSPS) is 23.9. The summed E-state index contributed by atoms with van der Waals surface area (Å²) in [6, 6.07) is 8.22. The summed E-state index contributed by atoms with van der Waals surface area (Å²) >= 11 is 0. The van der Waals surface area contributed by atoms with E-state index in [1.54, 1.807) is 6.20 Å². The third-order valence-corrected chi connectivity index (χ3v) is 5.30. The molecule has 0 unspecified atom stereocenters. The van der Waals surface area contributed by atoms with Crippen LogP contribution in [-0.2, 0) is 6.42 Å². The molecule has 3 N–H and O–H groups in total. The smallest absolute Gasteiger partial charge is 0.273 e. The van der Waals surface area contributed by atoms with Crippen molar-refractivity contribution in [1.82, 2.24) is 20.3 Å². The lowest BCUT2D eigenvalue weighted by molar-refractivity contribution is 0.0928. The summed E-state index contributed by atoms with van der Waals surface area (Å²) < 4.78 is 1.86. The minimum Gasteiger partial charge on any atom is -0.346 e. The van der Waals surface area contributed by atoms with Crippen LogP contribution in [0.4, 0.5) is 0 Å². The van der Waals surface area contributed by atoms with Crippen molar-refractivity contribution >= 4 is 5.91 Å². The fourth-order valence-electron chi connectivity index (χ4n) is 3.91. The van der Waals surface area contributed by atoms with Gasteiger partial charge in [0.05, 0.1) is 24.3 Å². The van der Waals surface area contributed by atoms with Crippen LogP contribution in [0.2, 0.25) is 0 Å². The van der Waals surface area contributed by atoms with E-state index in [0.717, 1.165) is 24.8 Å². The molecule has 2 aliphatic carbocycles. The van der Waals surface area contributed by atoms with Gasteiger partial charge < -0.3 is 11.1 Å². The van der Waals surface area contributed by atoms with Crippen molar-refractivity contribution in [2.45, 2.75) is 56.7 Å². The summed E-state index contributed by atoms with van der Waals surface area (Å²) in [6.07, 6.45) is 8.51. The zero-order valence-electron chi connectivity index (χ0n) is 13.7. The fraction of sp³-hybridized carbons (Fsp3) is 0.500. The first-order valence-corrected chi connectivity index (χ1v) is 8.78. The van der Waals surface area contributed by atoms with Gasteiger partial charge in [-0.25, -0.2) is 4.68 Å². The maximum absolute atomic E-state index is 12.5. The Balaban J connectivity index is 1.43. The first-order valence-electron chi connectivity index (χ1n) is 8.78. The van der Waals surface area contributed by atoms with Crippen molar-refractivity contribution in [3.63, 3.8) is 0 Å². The molecule has 1 amide bonds. The molecule has 1 saturated carbocycles. The Hall–Kier alpha value is -2.21. The van der Waals surface area contributed by atoms with E-state index in [2.05, 4.69) is 21.7 Å². The number of fused-ring (bicyclic) bond motifs is 1. The Morgan fingerprint density at radius 3 is 2.79 bits per heavy atom. The van der Waals surface area contributed by atoms with Crippen LogP contribution in [0.25, 0.3) is 0 Å². The molecule has 0 spiro atoms. The summed E-state index contributed by atoms with van der Waals surface area (Å²) in [7, 11) is 0. The second kappa shape index (κ2) is 6.36. The van der Waals surface area contributed by atoms with Crippen molar-refractivity contribution in [1.29, 1.82) is 0 Å². The zero-order valence-corrected chi connectivity index (χ0v) is 13.7. The number of benzene rings is 1. The van der Waals surface area contributed by atoms with Crippen LogP contribution >= 0.6 is 0 Å². The van der Waals surface area contributed by atoms with E-state index < -0.39 is 0 Å². The van der Waals surface area contributed by atoms with E-state index in [4.69, 9.17) is 5.73 Å². The maximum atomic E-state index is 12.5. The molecule has 1 aromatic heterocycles. The first kappa shape index (κ1) is 15.3. The van der Waals surface area contributed by atoms with Crippen molar-refractivity contribution in [2.24, 2.45) is 5.73 Å². The molecule has 6 heteroatoms. The lowest BCUT2D eigenvalue weighted by Crippen LogP contribution is -2.40. The molecule has 0 radical (unpaired) electrons. The molecule has 1 aromatic carbocycles. The summed E-state index contributed by atoms with van der Waals surface area (Å²) in [4.78, 5) is 12.5. The number of hydrogen-bond donors (Lipinski definition) is 2. The molecule has 126 valence electrons. The second-order valence-electron chi connectivity index (χ2n) is 6.88. The number of carbonyl (C=O) groups excluding carboxylic acids is 1. The van der Waals surface area contributed by atoms with Crippen LogP contribution < -0.4 is 11.1 Å². The van der Waals surface area contributed by atoms with Gasteiger partial charge in [-0.2, -0.15) is 0 Å². The number of nitrogens with two attached hydrogens (primary N) is 1. The SMILES string of the molecule is N[C@@H]1c2ccccc2C[C@H]1NC(=O)c1cn(C2CCCCC2)nn1. The minimum absolute atomic E-state index is 0.0882. The number of rotatable bonds is 3. The summed E-state index contributed by atoms with van der Waals surface area (Å²) in [6.45, 7) is 0. The molecule has 1 heterocycles. The number of nitrogens with zero attached hydrogens (tertiary/aromatic N) is 3. The van der Waals surface area contributed by atoms with Crippen LogP contribution in [0.5, 0.6) is 0 Å². The van der Waals surface area contributed by atoms with Crippen LogP contribution in [0, 0.1) is 0 Å². The second-order valence-corrected chi connectivity index (χ2v) is 6.88. The molecule has 0 saturated heterocycles. The highest BCUT2D eigenvalue weighted by Gasteiger charge is 2.31. The quantitative estimate of drug-likeness (QED) is 0.905. The Morgan fingerprint density at radius 2 is 2.00 bits per heavy atom. The highest BCUT2D eigenvalue weighted by atomic mass is 16.2. The van der Waals surface area contributed by atoms with E-state index in [0.29, 0.717) is 11.7 Å². The monoisotopic (exact) mass is 325 g/mol. The highest BCUT2D eigenvalue weighted by molar-refractivity contribution is 5.92. The summed E-state index contributed by atoms with van der Waals surface area (Å²) in [5.74, 6) is -0.190. The van der Waals surface area contributed by atoms with Gasteiger partial charge in [-0.15, -0.1) is 5.10 Å². The largest absolute Gasteiger partial charge is 0.346 e. The number of hydrogen-bond acceptors (Lipinski definition) is 4. The van der Waals surface area contributed by atoms with Crippen molar-refractivity contribution in [3.8, 4) is 0 Å². The molecule has 2 atom stereocenters. The van der Waals surface area contributed by atoms with Crippen molar-refractivity contribution in [2.75, 3.05) is 0 Å². The molecule has 2 aromatic rings. The Morgan fingerprint density at radius 1 is 1.21 bits per heavy atom. The molecule has 6 nitrogen and oxygen atoms in total. The molecule has 0 bridgehead atoms. The zero-order chi connectivity index (χ0) is 16.5. The Bertz CT molecular complexity index is 735. The van der Waals surface area contributed by atoms with Crippen LogP contribution in [0.1, 0.15) is 65.8 Å². The van der Waals surface area contributed by atoms with Gasteiger partial charge in [-0.1, -0.05) is 48.7 Å². The van der Waals surface area contributed by atoms with E-state index >= 15 is 0 Å². The average molecular weight is 325 g/mol. The van der Waals surface area contributed by atoms with Gasteiger partial charge in [0.2, 0.25) is 0 Å². The van der Waals surface area contributed by atoms with Gasteiger partial charge in [-0.3, -0.25) is 4.79 Å². The Labute approximate surface area is 141 Å². The lowest BCUT2D eigenvalue weighted by atomic mass is 9.96. The van der Waals surface area contributed by atoms with Gasteiger partial charge in [0.1, 0.15) is 0 Å². The van der Waals surface area contributed by atoms with Crippen LogP contribution in [-0.4, -0.2) is 26.9 Å². The maximum Gasteiger partial charge on any atom is 0.273 e. The third kappa shape index (κ3) is 2.82. The van der Waals surface area contributed by atoms with Crippen molar-refractivity contribution in [3.05, 3.63) is 47.3 Å². The van der Waals surface area contributed by atoms with Gasteiger partial charge in [-0.05, 0) is 30.4 Å². The summed E-state index contributed by atoms with van der Waals surface area (Å²) in [5.41, 5.74) is 8.99. The summed E-state index contributed by atoms with van der Waals surface area (Å²) in [5, 5.41) is 11.3. The topological polar surface area (TPSA) is 85.8 Å². The van der Waals surface area contributed by atoms with E-state index in [1.165, 1.54) is 24.8 Å². The molecular formula is C18H23N5O. The van der Waals surface area contributed by atoms with Crippen LogP contribution in [0.15, 0.2) is 30.5 Å². The first-order chi connectivity index (χ1) is 11.7. The average Bonchev–Trinajstić information content (AvgIpc) is 3.22. The molecular weight excluding hydrogens is 302 g/mol. The molecule has 24 heavy (non-hydrogen) atoms. The van der Waals surface area contributed by atoms with Crippen molar-refractivity contribution < 1.29 is 4.79 Å². The van der Waals surface area contributed by atoms with Gasteiger partial charge in [0, 0.05) is 0 Å². The van der Waals surface area contributed by atoms with E-state index in [9.17, 15) is 4.79 Å². The predicted molar refractivity (Wildman–Crippen MR) is 90.5 cm³/mol. The number of aromatic nitrogens is 3.